The molecule has 7 nitrogen and oxygen atoms in total. The van der Waals surface area contributed by atoms with Gasteiger partial charge in [-0.15, -0.1) is 0 Å². The molecule has 1 aliphatic heterocycles. The molecule has 1 aliphatic rings. The van der Waals surface area contributed by atoms with E-state index >= 15 is 0 Å². The van der Waals surface area contributed by atoms with Gasteiger partial charge in [-0.25, -0.2) is 9.18 Å². The third-order valence-corrected chi connectivity index (χ3v) is 5.28. The fraction of sp³-hybridized carbons (Fsp3) is 0.619. The number of hydrogen-bond acceptors (Lipinski definition) is 5. The molecule has 1 unspecified atom stereocenters. The summed E-state index contributed by atoms with van der Waals surface area (Å²) in [4.78, 5) is 23.6. The van der Waals surface area contributed by atoms with Crippen molar-refractivity contribution in [2.75, 3.05) is 0 Å². The highest BCUT2D eigenvalue weighted by molar-refractivity contribution is 6.62. The highest BCUT2D eigenvalue weighted by Gasteiger charge is 2.52. The zero-order valence-corrected chi connectivity index (χ0v) is 18.9. The van der Waals surface area contributed by atoms with Crippen molar-refractivity contribution in [2.45, 2.75) is 84.7 Å². The molecule has 30 heavy (non-hydrogen) atoms. The normalized spacial score (nSPS) is 18.8. The van der Waals surface area contributed by atoms with Gasteiger partial charge in [-0.05, 0) is 66.4 Å². The highest BCUT2D eigenvalue weighted by atomic mass is 19.1. The summed E-state index contributed by atoms with van der Waals surface area (Å²) in [5.74, 6) is -1.79. The largest absolute Gasteiger partial charge is 0.494 e. The number of aliphatic carboxylic acids is 1. The van der Waals surface area contributed by atoms with Gasteiger partial charge in [-0.3, -0.25) is 4.79 Å². The van der Waals surface area contributed by atoms with E-state index in [2.05, 4.69) is 5.32 Å². The minimum absolute atomic E-state index is 0.0352. The van der Waals surface area contributed by atoms with E-state index in [9.17, 15) is 19.1 Å². The smallest absolute Gasteiger partial charge is 0.481 e. The number of carboxylic acids is 1. The van der Waals surface area contributed by atoms with Crippen LogP contribution in [0, 0.1) is 12.7 Å². The van der Waals surface area contributed by atoms with Gasteiger partial charge in [0.2, 0.25) is 0 Å². The van der Waals surface area contributed by atoms with Crippen molar-refractivity contribution in [3.8, 4) is 0 Å². The molecule has 1 amide bonds. The van der Waals surface area contributed by atoms with E-state index in [0.29, 0.717) is 11.0 Å². The first-order valence-corrected chi connectivity index (χ1v) is 9.89. The minimum Gasteiger partial charge on any atom is -0.481 e. The van der Waals surface area contributed by atoms with Crippen LogP contribution in [-0.4, -0.2) is 41.1 Å². The van der Waals surface area contributed by atoms with Crippen molar-refractivity contribution in [1.29, 1.82) is 0 Å². The van der Waals surface area contributed by atoms with Crippen LogP contribution in [0.3, 0.4) is 0 Å². The summed E-state index contributed by atoms with van der Waals surface area (Å²) in [5.41, 5.74) is -1.09. The van der Waals surface area contributed by atoms with Gasteiger partial charge < -0.3 is 24.5 Å². The Balaban J connectivity index is 2.42. The summed E-state index contributed by atoms with van der Waals surface area (Å²) in [5, 5.41) is 11.8. The van der Waals surface area contributed by atoms with Crippen LogP contribution in [-0.2, 0) is 18.8 Å². The number of ether oxygens (including phenoxy) is 1. The third-order valence-electron chi connectivity index (χ3n) is 5.28. The number of carbonyl (C=O) groups excluding carboxylic acids is 1. The van der Waals surface area contributed by atoms with Gasteiger partial charge in [0.1, 0.15) is 11.4 Å². The van der Waals surface area contributed by atoms with E-state index in [1.807, 2.05) is 27.7 Å². The molecule has 0 saturated carbocycles. The van der Waals surface area contributed by atoms with Crippen molar-refractivity contribution in [1.82, 2.24) is 5.32 Å². The number of carbonyl (C=O) groups is 2. The molecule has 0 bridgehead atoms. The summed E-state index contributed by atoms with van der Waals surface area (Å²) in [7, 11) is -0.750. The average Bonchev–Trinajstić information content (AvgIpc) is 2.75. The number of carboxylic acid groups (broad SMARTS) is 1. The second-order valence-electron chi connectivity index (χ2n) is 9.63. The molecule has 9 heteroatoms. The van der Waals surface area contributed by atoms with Gasteiger partial charge in [0.15, 0.2) is 0 Å². The van der Waals surface area contributed by atoms with Gasteiger partial charge in [0.05, 0.1) is 23.7 Å². The Labute approximate surface area is 177 Å². The summed E-state index contributed by atoms with van der Waals surface area (Å²) >= 11 is 0. The fourth-order valence-electron chi connectivity index (χ4n) is 3.06. The lowest BCUT2D eigenvalue weighted by molar-refractivity contribution is -0.137. The Morgan fingerprint density at radius 2 is 1.73 bits per heavy atom. The first-order chi connectivity index (χ1) is 13.5. The molecule has 2 N–H and O–H groups in total. The molecule has 0 spiro atoms. The number of hydrogen-bond donors (Lipinski definition) is 2. The summed E-state index contributed by atoms with van der Waals surface area (Å²) < 4.78 is 32.3. The standard InChI is InChI=1S/C21H31BFNO6/c1-12-9-13(22-29-20(5,6)21(7,8)30-22)10-14(17(12)23)15(11-16(25)26)24-18(27)28-19(2,3)4/h9-10,15H,11H2,1-8H3,(H,24,27)(H,25,26). The molecule has 0 aromatic heterocycles. The zero-order valence-electron chi connectivity index (χ0n) is 18.9. The Bertz CT molecular complexity index is 818. The predicted octanol–water partition coefficient (Wildman–Crippen LogP) is 3.47. The third kappa shape index (κ3) is 5.52. The SMILES string of the molecule is Cc1cc(B2OC(C)(C)C(C)(C)O2)cc(C(CC(=O)O)NC(=O)OC(C)(C)C)c1F. The molecule has 166 valence electrons. The topological polar surface area (TPSA) is 94.1 Å². The van der Waals surface area contributed by atoms with Gasteiger partial charge in [-0.2, -0.15) is 0 Å². The number of benzene rings is 1. The maximum Gasteiger partial charge on any atom is 0.494 e. The van der Waals surface area contributed by atoms with Crippen molar-refractivity contribution >= 4 is 24.6 Å². The maximum absolute atomic E-state index is 15.0. The summed E-state index contributed by atoms with van der Waals surface area (Å²) in [6.07, 6.45) is -1.34. The van der Waals surface area contributed by atoms with Gasteiger partial charge in [0.25, 0.3) is 0 Å². The quantitative estimate of drug-likeness (QED) is 0.705. The molecule has 1 heterocycles. The van der Waals surface area contributed by atoms with Crippen LogP contribution < -0.4 is 10.8 Å². The number of rotatable bonds is 5. The highest BCUT2D eigenvalue weighted by Crippen LogP contribution is 2.37. The molecule has 1 fully saturated rings. The molecule has 1 aromatic rings. The minimum atomic E-state index is -1.19. The van der Waals surface area contributed by atoms with Crippen LogP contribution in [0.5, 0.6) is 0 Å². The Morgan fingerprint density at radius 1 is 1.20 bits per heavy atom. The van der Waals surface area contributed by atoms with E-state index in [1.165, 1.54) is 6.07 Å². The van der Waals surface area contributed by atoms with Crippen LogP contribution >= 0.6 is 0 Å². The molecule has 1 aromatic carbocycles. The van der Waals surface area contributed by atoms with E-state index in [1.54, 1.807) is 33.8 Å². The van der Waals surface area contributed by atoms with Crippen LogP contribution in [0.1, 0.15) is 72.1 Å². The number of aryl methyl sites for hydroxylation is 1. The number of amides is 1. The summed E-state index contributed by atoms with van der Waals surface area (Å²) in [6.45, 7) is 14.2. The second-order valence-corrected chi connectivity index (χ2v) is 9.63. The average molecular weight is 423 g/mol. The van der Waals surface area contributed by atoms with Crippen LogP contribution in [0.25, 0.3) is 0 Å². The maximum atomic E-state index is 15.0. The lowest BCUT2D eigenvalue weighted by atomic mass is 9.76. The van der Waals surface area contributed by atoms with Crippen LogP contribution in [0.2, 0.25) is 0 Å². The van der Waals surface area contributed by atoms with Gasteiger partial charge >= 0.3 is 19.2 Å². The Hall–Kier alpha value is -2.13. The van der Waals surface area contributed by atoms with Gasteiger partial charge in [0, 0.05) is 5.56 Å². The predicted molar refractivity (Wildman–Crippen MR) is 111 cm³/mol. The second kappa shape index (κ2) is 8.19. The molecular weight excluding hydrogens is 392 g/mol. The molecule has 1 saturated heterocycles. The van der Waals surface area contributed by atoms with E-state index in [-0.39, 0.29) is 5.56 Å². The van der Waals surface area contributed by atoms with Crippen LogP contribution in [0.15, 0.2) is 12.1 Å². The van der Waals surface area contributed by atoms with Crippen molar-refractivity contribution in [3.05, 3.63) is 29.1 Å². The summed E-state index contributed by atoms with van der Waals surface area (Å²) in [6, 6.07) is 1.96. The molecule has 1 atom stereocenters. The molecule has 0 radical (unpaired) electrons. The van der Waals surface area contributed by atoms with E-state index < -0.39 is 54.3 Å². The zero-order chi connectivity index (χ0) is 23.1. The number of halogens is 1. The van der Waals surface area contributed by atoms with E-state index in [0.717, 1.165) is 0 Å². The fourth-order valence-corrected chi connectivity index (χ4v) is 3.06. The lowest BCUT2D eigenvalue weighted by Gasteiger charge is -2.32. The van der Waals surface area contributed by atoms with Crippen molar-refractivity contribution in [2.24, 2.45) is 0 Å². The monoisotopic (exact) mass is 423 g/mol. The van der Waals surface area contributed by atoms with Crippen LogP contribution in [0.4, 0.5) is 9.18 Å². The molecular formula is C21H31BFNO6. The first kappa shape index (κ1) is 24.1. The molecule has 2 rings (SSSR count). The first-order valence-electron chi connectivity index (χ1n) is 9.89. The van der Waals surface area contributed by atoms with Crippen molar-refractivity contribution < 1.29 is 33.1 Å². The Morgan fingerprint density at radius 3 is 2.20 bits per heavy atom. The number of nitrogens with one attached hydrogen (secondary N) is 1. The Kier molecular flexibility index (Phi) is 6.59. The number of alkyl carbamates (subject to hydrolysis) is 1. The van der Waals surface area contributed by atoms with E-state index in [4.69, 9.17) is 14.0 Å². The van der Waals surface area contributed by atoms with Gasteiger partial charge in [-0.1, -0.05) is 12.1 Å². The molecule has 0 aliphatic carbocycles. The van der Waals surface area contributed by atoms with Crippen molar-refractivity contribution in [3.63, 3.8) is 0 Å². The lowest BCUT2D eigenvalue weighted by Crippen LogP contribution is -2.41.